The Bertz CT molecular complexity index is 382. The largest absolute Gasteiger partial charge is 0.496 e. The maximum atomic E-state index is 10.8. The van der Waals surface area contributed by atoms with Gasteiger partial charge in [0.05, 0.1) is 18.2 Å². The van der Waals surface area contributed by atoms with Gasteiger partial charge in [-0.3, -0.25) is 4.79 Å². The van der Waals surface area contributed by atoms with Crippen molar-refractivity contribution in [2.24, 2.45) is 0 Å². The second-order valence-electron chi connectivity index (χ2n) is 2.85. The smallest absolute Gasteiger partial charge is 0.336 e. The molecule has 0 atom stereocenters. The summed E-state index contributed by atoms with van der Waals surface area (Å²) in [6.07, 6.45) is 0.488. The molecule has 0 aliphatic heterocycles. The molecule has 14 heavy (non-hydrogen) atoms. The van der Waals surface area contributed by atoms with Crippen LogP contribution < -0.4 is 4.74 Å². The van der Waals surface area contributed by atoms with Gasteiger partial charge in [0.15, 0.2) is 6.29 Å². The van der Waals surface area contributed by atoms with Gasteiger partial charge in [-0.05, 0) is 24.6 Å². The zero-order chi connectivity index (χ0) is 10.7. The van der Waals surface area contributed by atoms with Crippen LogP contribution in [0.1, 0.15) is 26.3 Å². The Morgan fingerprint density at radius 3 is 2.57 bits per heavy atom. The van der Waals surface area contributed by atoms with Gasteiger partial charge < -0.3 is 9.84 Å². The fourth-order valence-corrected chi connectivity index (χ4v) is 1.23. The van der Waals surface area contributed by atoms with Crippen molar-refractivity contribution in [1.82, 2.24) is 0 Å². The Hall–Kier alpha value is -1.84. The van der Waals surface area contributed by atoms with Gasteiger partial charge in [-0.2, -0.15) is 0 Å². The van der Waals surface area contributed by atoms with Crippen LogP contribution in [-0.4, -0.2) is 24.5 Å². The zero-order valence-corrected chi connectivity index (χ0v) is 7.90. The van der Waals surface area contributed by atoms with E-state index in [1.807, 2.05) is 0 Å². The molecule has 0 saturated heterocycles. The van der Waals surface area contributed by atoms with Crippen LogP contribution in [0.2, 0.25) is 0 Å². The summed E-state index contributed by atoms with van der Waals surface area (Å²) in [4.78, 5) is 21.5. The van der Waals surface area contributed by atoms with Crippen molar-refractivity contribution in [2.75, 3.05) is 7.11 Å². The van der Waals surface area contributed by atoms with Crippen molar-refractivity contribution in [3.05, 3.63) is 28.8 Å². The van der Waals surface area contributed by atoms with Gasteiger partial charge in [0, 0.05) is 0 Å². The zero-order valence-electron chi connectivity index (χ0n) is 7.90. The molecular formula is C10H10O4. The van der Waals surface area contributed by atoms with E-state index >= 15 is 0 Å². The standard InChI is InChI=1S/C10H10O4/c1-6-3-7(10(12)13)8(5-11)9(4-6)14-2/h3-5H,1-2H3,(H,12,13). The average Bonchev–Trinajstić information content (AvgIpc) is 2.16. The van der Waals surface area contributed by atoms with Crippen LogP contribution in [0.5, 0.6) is 5.75 Å². The number of carboxylic acid groups (broad SMARTS) is 1. The number of aryl methyl sites for hydroxylation is 1. The number of rotatable bonds is 3. The van der Waals surface area contributed by atoms with Crippen molar-refractivity contribution < 1.29 is 19.4 Å². The van der Waals surface area contributed by atoms with E-state index in [0.717, 1.165) is 5.56 Å². The van der Waals surface area contributed by atoms with Crippen LogP contribution in [-0.2, 0) is 0 Å². The van der Waals surface area contributed by atoms with E-state index in [9.17, 15) is 9.59 Å². The Balaban J connectivity index is 3.46. The third-order valence-corrected chi connectivity index (χ3v) is 1.85. The van der Waals surface area contributed by atoms with Crippen LogP contribution in [0.3, 0.4) is 0 Å². The molecular weight excluding hydrogens is 184 g/mol. The van der Waals surface area contributed by atoms with E-state index in [-0.39, 0.29) is 16.9 Å². The van der Waals surface area contributed by atoms with E-state index in [1.54, 1.807) is 13.0 Å². The lowest BCUT2D eigenvalue weighted by Crippen LogP contribution is -2.04. The minimum Gasteiger partial charge on any atom is -0.496 e. The fraction of sp³-hybridized carbons (Fsp3) is 0.200. The summed E-state index contributed by atoms with van der Waals surface area (Å²) in [5.74, 6) is -0.841. The first-order chi connectivity index (χ1) is 6.60. The number of hydrogen-bond donors (Lipinski definition) is 1. The summed E-state index contributed by atoms with van der Waals surface area (Å²) < 4.78 is 4.91. The molecule has 0 aliphatic rings. The van der Waals surface area contributed by atoms with Gasteiger partial charge >= 0.3 is 5.97 Å². The molecule has 1 aromatic carbocycles. The maximum Gasteiger partial charge on any atom is 0.336 e. The van der Waals surface area contributed by atoms with Gasteiger partial charge in [0.1, 0.15) is 5.75 Å². The number of carboxylic acids is 1. The molecule has 4 heteroatoms. The lowest BCUT2D eigenvalue weighted by Gasteiger charge is -2.07. The SMILES string of the molecule is COc1cc(C)cc(C(=O)O)c1C=O. The van der Waals surface area contributed by atoms with E-state index in [1.165, 1.54) is 13.2 Å². The van der Waals surface area contributed by atoms with E-state index in [0.29, 0.717) is 6.29 Å². The number of carbonyl (C=O) groups excluding carboxylic acids is 1. The van der Waals surface area contributed by atoms with Crippen molar-refractivity contribution in [3.63, 3.8) is 0 Å². The molecule has 0 aliphatic carbocycles. The molecule has 0 bridgehead atoms. The van der Waals surface area contributed by atoms with Crippen LogP contribution in [0.4, 0.5) is 0 Å². The molecule has 0 amide bonds. The number of ether oxygens (including phenoxy) is 1. The first-order valence-corrected chi connectivity index (χ1v) is 3.97. The topological polar surface area (TPSA) is 63.6 Å². The molecule has 0 unspecified atom stereocenters. The summed E-state index contributed by atoms with van der Waals surface area (Å²) in [7, 11) is 1.40. The van der Waals surface area contributed by atoms with Gasteiger partial charge in [-0.25, -0.2) is 4.79 Å². The average molecular weight is 194 g/mol. The second kappa shape index (κ2) is 3.91. The third kappa shape index (κ3) is 1.74. The third-order valence-electron chi connectivity index (χ3n) is 1.85. The summed E-state index contributed by atoms with van der Waals surface area (Å²) in [6, 6.07) is 3.06. The molecule has 1 rings (SSSR count). The van der Waals surface area contributed by atoms with Crippen molar-refractivity contribution >= 4 is 12.3 Å². The predicted octanol–water partition coefficient (Wildman–Crippen LogP) is 1.51. The summed E-state index contributed by atoms with van der Waals surface area (Å²) >= 11 is 0. The molecule has 0 saturated carbocycles. The van der Waals surface area contributed by atoms with Gasteiger partial charge in [0.25, 0.3) is 0 Å². The van der Waals surface area contributed by atoms with E-state index < -0.39 is 5.97 Å². The number of benzene rings is 1. The van der Waals surface area contributed by atoms with Gasteiger partial charge in [-0.15, -0.1) is 0 Å². The highest BCUT2D eigenvalue weighted by Crippen LogP contribution is 2.22. The van der Waals surface area contributed by atoms with Crippen molar-refractivity contribution in [2.45, 2.75) is 6.92 Å². The Morgan fingerprint density at radius 1 is 1.50 bits per heavy atom. The Labute approximate surface area is 81.1 Å². The summed E-state index contributed by atoms with van der Waals surface area (Å²) in [5.41, 5.74) is 0.785. The number of hydrogen-bond acceptors (Lipinski definition) is 3. The van der Waals surface area contributed by atoms with Crippen molar-refractivity contribution in [3.8, 4) is 5.75 Å². The van der Waals surface area contributed by atoms with Crippen LogP contribution in [0.15, 0.2) is 12.1 Å². The molecule has 1 N–H and O–H groups in total. The maximum absolute atomic E-state index is 10.8. The Morgan fingerprint density at radius 2 is 2.14 bits per heavy atom. The molecule has 0 heterocycles. The van der Waals surface area contributed by atoms with Crippen LogP contribution >= 0.6 is 0 Å². The lowest BCUT2D eigenvalue weighted by molar-refractivity contribution is 0.0693. The molecule has 1 aromatic rings. The Kier molecular flexibility index (Phi) is 2.86. The van der Waals surface area contributed by atoms with Crippen molar-refractivity contribution in [1.29, 1.82) is 0 Å². The number of carbonyl (C=O) groups is 2. The monoisotopic (exact) mass is 194 g/mol. The fourth-order valence-electron chi connectivity index (χ4n) is 1.23. The normalized spacial score (nSPS) is 9.57. The molecule has 0 fully saturated rings. The molecule has 0 spiro atoms. The lowest BCUT2D eigenvalue weighted by atomic mass is 10.0. The number of methoxy groups -OCH3 is 1. The highest BCUT2D eigenvalue weighted by atomic mass is 16.5. The second-order valence-corrected chi connectivity index (χ2v) is 2.85. The quantitative estimate of drug-likeness (QED) is 0.741. The molecule has 0 radical (unpaired) electrons. The van der Waals surface area contributed by atoms with Gasteiger partial charge in [0.2, 0.25) is 0 Å². The van der Waals surface area contributed by atoms with Crippen LogP contribution in [0, 0.1) is 6.92 Å². The minimum absolute atomic E-state index is 0.0307. The first-order valence-electron chi connectivity index (χ1n) is 3.97. The summed E-state index contributed by atoms with van der Waals surface area (Å²) in [5, 5.41) is 8.83. The molecule has 74 valence electrons. The van der Waals surface area contributed by atoms with E-state index in [2.05, 4.69) is 0 Å². The van der Waals surface area contributed by atoms with E-state index in [4.69, 9.17) is 9.84 Å². The molecule has 0 aromatic heterocycles. The first kappa shape index (κ1) is 10.2. The van der Waals surface area contributed by atoms with Gasteiger partial charge in [-0.1, -0.05) is 0 Å². The summed E-state index contributed by atoms with van der Waals surface area (Å²) in [6.45, 7) is 1.74. The predicted molar refractivity (Wildman–Crippen MR) is 50.1 cm³/mol. The number of aromatic carboxylic acids is 1. The number of aldehydes is 1. The molecule has 4 nitrogen and oxygen atoms in total. The highest BCUT2D eigenvalue weighted by Gasteiger charge is 2.14. The van der Waals surface area contributed by atoms with Crippen LogP contribution in [0.25, 0.3) is 0 Å². The highest BCUT2D eigenvalue weighted by molar-refractivity contribution is 5.99. The minimum atomic E-state index is -1.13.